The predicted molar refractivity (Wildman–Crippen MR) is 189 cm³/mol. The van der Waals surface area contributed by atoms with Gasteiger partial charge in [-0.1, -0.05) is 157 Å². The van der Waals surface area contributed by atoms with E-state index in [1.807, 2.05) is 0 Å². The van der Waals surface area contributed by atoms with E-state index >= 15 is 0 Å². The summed E-state index contributed by atoms with van der Waals surface area (Å²) in [4.78, 5) is 0. The average molecular weight is 691 g/mol. The van der Waals surface area contributed by atoms with Gasteiger partial charge in [-0.25, -0.2) is 0 Å². The molecule has 0 fully saturated rings. The Labute approximate surface area is 273 Å². The Balaban J connectivity index is 1.46. The van der Waals surface area contributed by atoms with E-state index in [4.69, 9.17) is 0 Å². The van der Waals surface area contributed by atoms with E-state index in [0.717, 1.165) is 8.95 Å². The van der Waals surface area contributed by atoms with E-state index < -0.39 is 5.41 Å². The van der Waals surface area contributed by atoms with Gasteiger partial charge in [0.1, 0.15) is 0 Å². The first kappa shape index (κ1) is 28.8. The van der Waals surface area contributed by atoms with Crippen molar-refractivity contribution in [2.45, 2.75) is 69.6 Å². The van der Waals surface area contributed by atoms with E-state index in [9.17, 15) is 0 Å². The maximum Gasteiger partial charge on any atom is 0.0713 e. The van der Waals surface area contributed by atoms with Crippen molar-refractivity contribution in [1.29, 1.82) is 0 Å². The quantitative estimate of drug-likeness (QED) is 0.133. The van der Waals surface area contributed by atoms with Crippen LogP contribution in [-0.2, 0) is 10.8 Å². The summed E-state index contributed by atoms with van der Waals surface area (Å²) in [7, 11) is 0. The third-order valence-electron chi connectivity index (χ3n) is 10.2. The van der Waals surface area contributed by atoms with Crippen LogP contribution in [-0.4, -0.2) is 0 Å². The van der Waals surface area contributed by atoms with Crippen LogP contribution >= 0.6 is 31.9 Å². The van der Waals surface area contributed by atoms with Gasteiger partial charge in [0.15, 0.2) is 0 Å². The third-order valence-corrected chi connectivity index (χ3v) is 11.2. The van der Waals surface area contributed by atoms with Crippen molar-refractivity contribution in [2.75, 3.05) is 0 Å². The van der Waals surface area contributed by atoms with E-state index in [-0.39, 0.29) is 5.41 Å². The average Bonchev–Trinajstić information content (AvgIpc) is 3.46. The second-order valence-corrected chi connectivity index (χ2v) is 14.5. The third kappa shape index (κ3) is 4.59. The predicted octanol–water partition coefficient (Wildman–Crippen LogP) is 12.6. The fourth-order valence-corrected chi connectivity index (χ4v) is 8.59. The van der Waals surface area contributed by atoms with Gasteiger partial charge in [-0.3, -0.25) is 0 Å². The van der Waals surface area contributed by atoms with Crippen molar-refractivity contribution in [3.63, 3.8) is 0 Å². The second-order valence-electron chi connectivity index (χ2n) is 12.6. The molecule has 1 unspecified atom stereocenters. The van der Waals surface area contributed by atoms with Crippen molar-refractivity contribution < 1.29 is 0 Å². The van der Waals surface area contributed by atoms with Crippen molar-refractivity contribution in [3.8, 4) is 22.3 Å². The number of hydrogen-bond donors (Lipinski definition) is 0. The Bertz CT molecular complexity index is 1740. The number of fused-ring (bicyclic) bond motifs is 6. The number of unbranched alkanes of at least 4 members (excludes halogenated alkanes) is 5. The summed E-state index contributed by atoms with van der Waals surface area (Å²) in [5, 5.41) is 0. The van der Waals surface area contributed by atoms with Gasteiger partial charge in [0.05, 0.1) is 5.41 Å². The normalized spacial score (nSPS) is 17.3. The van der Waals surface area contributed by atoms with Crippen LogP contribution in [0, 0.1) is 0 Å². The van der Waals surface area contributed by atoms with Gasteiger partial charge in [0.2, 0.25) is 0 Å². The molecule has 5 aromatic rings. The Morgan fingerprint density at radius 2 is 0.977 bits per heavy atom. The second kappa shape index (κ2) is 11.5. The van der Waals surface area contributed by atoms with E-state index in [2.05, 4.69) is 155 Å². The summed E-state index contributed by atoms with van der Waals surface area (Å²) >= 11 is 7.41. The lowest BCUT2D eigenvalue weighted by Crippen LogP contribution is -2.28. The van der Waals surface area contributed by atoms with Crippen molar-refractivity contribution in [3.05, 3.63) is 152 Å². The maximum absolute atomic E-state index is 3.70. The zero-order valence-electron chi connectivity index (χ0n) is 25.1. The van der Waals surface area contributed by atoms with Gasteiger partial charge in [-0.05, 0) is 98.5 Å². The first-order chi connectivity index (χ1) is 21.0. The van der Waals surface area contributed by atoms with Crippen molar-refractivity contribution >= 4 is 31.9 Å². The molecular formula is C41H38Br2. The molecule has 0 aliphatic heterocycles. The van der Waals surface area contributed by atoms with Crippen LogP contribution < -0.4 is 0 Å². The first-order valence-electron chi connectivity index (χ1n) is 15.9. The first-order valence-corrected chi connectivity index (χ1v) is 17.5. The van der Waals surface area contributed by atoms with Crippen molar-refractivity contribution in [1.82, 2.24) is 0 Å². The number of hydrogen-bond acceptors (Lipinski definition) is 0. The van der Waals surface area contributed by atoms with Gasteiger partial charge in [-0.15, -0.1) is 0 Å². The SMILES string of the molecule is CCCCCCCCC1(C)c2ccccc2-c2cc3c(cc21)-c1ccccc1C3(c1ccc(Br)cc1)c1ccc(Br)cc1. The lowest BCUT2D eigenvalue weighted by Gasteiger charge is -2.34. The summed E-state index contributed by atoms with van der Waals surface area (Å²) in [6.07, 6.45) is 9.13. The molecule has 2 aliphatic rings. The Hall–Kier alpha value is -2.94. The molecule has 216 valence electrons. The van der Waals surface area contributed by atoms with E-state index in [0.29, 0.717) is 0 Å². The summed E-state index contributed by atoms with van der Waals surface area (Å²) in [6, 6.07) is 41.5. The Morgan fingerprint density at radius 1 is 0.488 bits per heavy atom. The van der Waals surface area contributed by atoms with E-state index in [1.165, 1.54) is 101 Å². The van der Waals surface area contributed by atoms with Crippen LogP contribution in [0.4, 0.5) is 0 Å². The highest BCUT2D eigenvalue weighted by Gasteiger charge is 2.48. The fraction of sp³-hybridized carbons (Fsp3) is 0.268. The molecule has 2 aliphatic carbocycles. The van der Waals surface area contributed by atoms with Crippen molar-refractivity contribution in [2.24, 2.45) is 0 Å². The van der Waals surface area contributed by atoms with Crippen LogP contribution in [0.5, 0.6) is 0 Å². The van der Waals surface area contributed by atoms with Crippen LogP contribution in [0.3, 0.4) is 0 Å². The topological polar surface area (TPSA) is 0 Å². The minimum absolute atomic E-state index is 0.0150. The molecule has 7 rings (SSSR count). The minimum atomic E-state index is -0.407. The van der Waals surface area contributed by atoms with Gasteiger partial charge < -0.3 is 0 Å². The molecular weight excluding hydrogens is 652 g/mol. The smallest absolute Gasteiger partial charge is 0.0654 e. The Kier molecular flexibility index (Phi) is 7.72. The molecule has 0 spiro atoms. The number of benzene rings is 5. The summed E-state index contributed by atoms with van der Waals surface area (Å²) < 4.78 is 2.20. The lowest BCUT2D eigenvalue weighted by atomic mass is 9.67. The zero-order chi connectivity index (χ0) is 29.6. The highest BCUT2D eigenvalue weighted by molar-refractivity contribution is 9.10. The molecule has 43 heavy (non-hydrogen) atoms. The molecule has 0 amide bonds. The standard InChI is InChI=1S/C41H38Br2/c1-3-4-5-6-7-12-25-40(2)36-15-10-8-13-32(36)34-27-39-35(26-38(34)40)33-14-9-11-16-37(33)41(39,28-17-21-30(42)22-18-28)29-19-23-31(43)24-20-29/h8-11,13-24,26-27H,3-7,12,25H2,1-2H3. The molecule has 5 aromatic carbocycles. The van der Waals surface area contributed by atoms with Crippen LogP contribution in [0.25, 0.3) is 22.3 Å². The highest BCUT2D eigenvalue weighted by atomic mass is 79.9. The zero-order valence-corrected chi connectivity index (χ0v) is 28.3. The molecule has 0 N–H and O–H groups in total. The van der Waals surface area contributed by atoms with Gasteiger partial charge in [0, 0.05) is 14.4 Å². The molecule has 0 bridgehead atoms. The number of rotatable bonds is 9. The van der Waals surface area contributed by atoms with Gasteiger partial charge in [0.25, 0.3) is 0 Å². The fourth-order valence-electron chi connectivity index (χ4n) is 8.06. The monoisotopic (exact) mass is 688 g/mol. The summed E-state index contributed by atoms with van der Waals surface area (Å²) in [6.45, 7) is 4.81. The largest absolute Gasteiger partial charge is 0.0713 e. The molecule has 0 saturated heterocycles. The number of halogens is 2. The van der Waals surface area contributed by atoms with Crippen LogP contribution in [0.1, 0.15) is 92.2 Å². The van der Waals surface area contributed by atoms with E-state index in [1.54, 1.807) is 0 Å². The maximum atomic E-state index is 3.70. The minimum Gasteiger partial charge on any atom is -0.0654 e. The highest BCUT2D eigenvalue weighted by Crippen LogP contribution is 2.60. The molecule has 0 saturated carbocycles. The van der Waals surface area contributed by atoms with Gasteiger partial charge >= 0.3 is 0 Å². The van der Waals surface area contributed by atoms with Crippen LogP contribution in [0.15, 0.2) is 118 Å². The molecule has 0 radical (unpaired) electrons. The molecule has 0 aromatic heterocycles. The molecule has 2 heteroatoms. The van der Waals surface area contributed by atoms with Gasteiger partial charge in [-0.2, -0.15) is 0 Å². The molecule has 0 nitrogen and oxygen atoms in total. The lowest BCUT2D eigenvalue weighted by molar-refractivity contribution is 0.481. The Morgan fingerprint density at radius 3 is 1.60 bits per heavy atom. The summed E-state index contributed by atoms with van der Waals surface area (Å²) in [5.41, 5.74) is 13.5. The molecule has 0 heterocycles. The molecule has 1 atom stereocenters. The summed E-state index contributed by atoms with van der Waals surface area (Å²) in [5.74, 6) is 0. The van der Waals surface area contributed by atoms with Crippen LogP contribution in [0.2, 0.25) is 0 Å².